The molecule has 0 aliphatic carbocycles. The molecular formula is C11H10O2S. The van der Waals surface area contributed by atoms with Gasteiger partial charge >= 0.3 is 5.97 Å². The summed E-state index contributed by atoms with van der Waals surface area (Å²) in [6.45, 7) is 2.10. The van der Waals surface area contributed by atoms with Crippen LogP contribution in [0.1, 0.15) is 22.2 Å². The number of thiophene rings is 1. The monoisotopic (exact) mass is 206 g/mol. The van der Waals surface area contributed by atoms with Crippen molar-refractivity contribution in [3.05, 3.63) is 34.7 Å². The van der Waals surface area contributed by atoms with Crippen molar-refractivity contribution in [1.29, 1.82) is 0 Å². The summed E-state index contributed by atoms with van der Waals surface area (Å²) in [5.41, 5.74) is 0.363. The summed E-state index contributed by atoms with van der Waals surface area (Å²) >= 11 is 1.67. The van der Waals surface area contributed by atoms with E-state index in [0.717, 1.165) is 16.5 Å². The number of aromatic carboxylic acids is 1. The number of carbonyl (C=O) groups is 1. The van der Waals surface area contributed by atoms with E-state index in [4.69, 9.17) is 5.11 Å². The molecule has 0 amide bonds. The summed E-state index contributed by atoms with van der Waals surface area (Å²) in [6, 6.07) is 7.37. The maximum absolute atomic E-state index is 10.7. The van der Waals surface area contributed by atoms with Gasteiger partial charge in [0, 0.05) is 9.58 Å². The second-order valence-corrected chi connectivity index (χ2v) is 4.29. The number of benzene rings is 1. The van der Waals surface area contributed by atoms with Crippen LogP contribution in [0, 0.1) is 0 Å². The fourth-order valence-corrected chi connectivity index (χ4v) is 2.44. The number of hydrogen-bond acceptors (Lipinski definition) is 2. The molecule has 1 aromatic carbocycles. The smallest absolute Gasteiger partial charge is 0.335 e. The van der Waals surface area contributed by atoms with Gasteiger partial charge in [0.25, 0.3) is 0 Å². The van der Waals surface area contributed by atoms with Crippen molar-refractivity contribution < 1.29 is 9.90 Å². The zero-order valence-corrected chi connectivity index (χ0v) is 8.60. The van der Waals surface area contributed by atoms with Gasteiger partial charge < -0.3 is 5.11 Å². The van der Waals surface area contributed by atoms with Gasteiger partial charge in [-0.05, 0) is 30.0 Å². The van der Waals surface area contributed by atoms with Gasteiger partial charge in [-0.1, -0.05) is 13.0 Å². The van der Waals surface area contributed by atoms with Crippen molar-refractivity contribution in [2.24, 2.45) is 0 Å². The van der Waals surface area contributed by atoms with Gasteiger partial charge in [-0.25, -0.2) is 4.79 Å². The van der Waals surface area contributed by atoms with Gasteiger partial charge in [-0.3, -0.25) is 0 Å². The highest BCUT2D eigenvalue weighted by atomic mass is 32.1. The number of hydrogen-bond donors (Lipinski definition) is 1. The summed E-state index contributed by atoms with van der Waals surface area (Å²) in [6.07, 6.45) is 1.00. The Hall–Kier alpha value is -1.35. The van der Waals surface area contributed by atoms with Gasteiger partial charge in [-0.15, -0.1) is 11.3 Å². The van der Waals surface area contributed by atoms with E-state index >= 15 is 0 Å². The minimum Gasteiger partial charge on any atom is -0.478 e. The lowest BCUT2D eigenvalue weighted by molar-refractivity contribution is 0.0697. The van der Waals surface area contributed by atoms with Crippen LogP contribution in [0.4, 0.5) is 0 Å². The van der Waals surface area contributed by atoms with E-state index < -0.39 is 5.97 Å². The van der Waals surface area contributed by atoms with Crippen LogP contribution in [0.15, 0.2) is 24.3 Å². The van der Waals surface area contributed by atoms with E-state index in [0.29, 0.717) is 5.56 Å². The molecular weight excluding hydrogens is 196 g/mol. The molecule has 0 saturated carbocycles. The zero-order chi connectivity index (χ0) is 10.1. The van der Waals surface area contributed by atoms with Crippen LogP contribution in [0.3, 0.4) is 0 Å². The third-order valence-corrected chi connectivity index (χ3v) is 3.41. The van der Waals surface area contributed by atoms with Crippen molar-refractivity contribution >= 4 is 27.4 Å². The fraction of sp³-hybridized carbons (Fsp3) is 0.182. The molecule has 1 N–H and O–H groups in total. The largest absolute Gasteiger partial charge is 0.478 e. The minimum absolute atomic E-state index is 0.363. The maximum atomic E-state index is 10.7. The van der Waals surface area contributed by atoms with Gasteiger partial charge in [0.05, 0.1) is 5.56 Å². The quantitative estimate of drug-likeness (QED) is 0.819. The Balaban J connectivity index is 2.59. The van der Waals surface area contributed by atoms with Crippen LogP contribution >= 0.6 is 11.3 Å². The Morgan fingerprint density at radius 2 is 2.21 bits per heavy atom. The topological polar surface area (TPSA) is 37.3 Å². The average Bonchev–Trinajstić information content (AvgIpc) is 2.58. The molecule has 2 rings (SSSR count). The SMILES string of the molecule is CCc1cc2ccc(C(=O)O)cc2s1. The Morgan fingerprint density at radius 3 is 2.86 bits per heavy atom. The van der Waals surface area contributed by atoms with Crippen molar-refractivity contribution in [2.75, 3.05) is 0 Å². The number of fused-ring (bicyclic) bond motifs is 1. The Morgan fingerprint density at radius 1 is 1.43 bits per heavy atom. The molecule has 2 aromatic rings. The van der Waals surface area contributed by atoms with Crippen molar-refractivity contribution in [1.82, 2.24) is 0 Å². The lowest BCUT2D eigenvalue weighted by Crippen LogP contribution is -1.94. The van der Waals surface area contributed by atoms with E-state index in [2.05, 4.69) is 13.0 Å². The molecule has 0 unspecified atom stereocenters. The zero-order valence-electron chi connectivity index (χ0n) is 7.78. The molecule has 14 heavy (non-hydrogen) atoms. The molecule has 0 radical (unpaired) electrons. The molecule has 3 heteroatoms. The Kier molecular flexibility index (Phi) is 2.25. The number of carboxylic acid groups (broad SMARTS) is 1. The molecule has 0 aliphatic heterocycles. The third-order valence-electron chi connectivity index (χ3n) is 2.17. The number of rotatable bonds is 2. The van der Waals surface area contributed by atoms with Gasteiger partial charge in [0.1, 0.15) is 0 Å². The fourth-order valence-electron chi connectivity index (χ4n) is 1.39. The van der Waals surface area contributed by atoms with Crippen LogP contribution in [-0.2, 0) is 6.42 Å². The van der Waals surface area contributed by atoms with Gasteiger partial charge in [0.2, 0.25) is 0 Å². The normalized spacial score (nSPS) is 10.6. The first-order valence-electron chi connectivity index (χ1n) is 4.46. The van der Waals surface area contributed by atoms with E-state index in [1.165, 1.54) is 4.88 Å². The summed E-state index contributed by atoms with van der Waals surface area (Å²) in [4.78, 5) is 12.0. The summed E-state index contributed by atoms with van der Waals surface area (Å²) in [5, 5.41) is 9.95. The highest BCUT2D eigenvalue weighted by Gasteiger charge is 2.05. The molecule has 0 atom stereocenters. The van der Waals surface area contributed by atoms with E-state index in [1.807, 2.05) is 6.07 Å². The molecule has 72 valence electrons. The highest BCUT2D eigenvalue weighted by molar-refractivity contribution is 7.19. The summed E-state index contributed by atoms with van der Waals surface area (Å²) in [5.74, 6) is -0.863. The van der Waals surface area contributed by atoms with Crippen LogP contribution < -0.4 is 0 Å². The van der Waals surface area contributed by atoms with Crippen molar-refractivity contribution in [2.45, 2.75) is 13.3 Å². The predicted molar refractivity (Wildman–Crippen MR) is 58.2 cm³/mol. The summed E-state index contributed by atoms with van der Waals surface area (Å²) < 4.78 is 1.06. The first-order valence-corrected chi connectivity index (χ1v) is 5.28. The first kappa shape index (κ1) is 9.21. The first-order chi connectivity index (χ1) is 6.70. The highest BCUT2D eigenvalue weighted by Crippen LogP contribution is 2.26. The molecule has 2 nitrogen and oxygen atoms in total. The maximum Gasteiger partial charge on any atom is 0.335 e. The van der Waals surface area contributed by atoms with Crippen LogP contribution in [0.2, 0.25) is 0 Å². The molecule has 1 heterocycles. The molecule has 0 aliphatic rings. The van der Waals surface area contributed by atoms with Gasteiger partial charge in [-0.2, -0.15) is 0 Å². The third kappa shape index (κ3) is 1.51. The lowest BCUT2D eigenvalue weighted by atomic mass is 10.2. The van der Waals surface area contributed by atoms with E-state index in [-0.39, 0.29) is 0 Å². The molecule has 0 fully saturated rings. The molecule has 0 bridgehead atoms. The predicted octanol–water partition coefficient (Wildman–Crippen LogP) is 3.16. The second-order valence-electron chi connectivity index (χ2n) is 3.12. The molecule has 0 spiro atoms. The second kappa shape index (κ2) is 3.42. The minimum atomic E-state index is -0.863. The van der Waals surface area contributed by atoms with Crippen LogP contribution in [0.5, 0.6) is 0 Å². The Labute approximate surface area is 85.8 Å². The van der Waals surface area contributed by atoms with E-state index in [1.54, 1.807) is 23.5 Å². The standard InChI is InChI=1S/C11H10O2S/c1-2-9-5-7-3-4-8(11(12)13)6-10(7)14-9/h3-6H,2H2,1H3,(H,12,13). The van der Waals surface area contributed by atoms with E-state index in [9.17, 15) is 4.79 Å². The molecule has 0 saturated heterocycles. The average molecular weight is 206 g/mol. The summed E-state index contributed by atoms with van der Waals surface area (Å²) in [7, 11) is 0. The van der Waals surface area contributed by atoms with Crippen molar-refractivity contribution in [3.8, 4) is 0 Å². The van der Waals surface area contributed by atoms with Crippen LogP contribution in [-0.4, -0.2) is 11.1 Å². The van der Waals surface area contributed by atoms with Crippen LogP contribution in [0.25, 0.3) is 10.1 Å². The Bertz CT molecular complexity index is 485. The number of carboxylic acids is 1. The molecule has 1 aromatic heterocycles. The lowest BCUT2D eigenvalue weighted by Gasteiger charge is -1.92. The van der Waals surface area contributed by atoms with Crippen molar-refractivity contribution in [3.63, 3.8) is 0 Å². The number of aryl methyl sites for hydroxylation is 1. The van der Waals surface area contributed by atoms with Gasteiger partial charge in [0.15, 0.2) is 0 Å².